The number of rotatable bonds is 7. The summed E-state index contributed by atoms with van der Waals surface area (Å²) in [6.45, 7) is 5.42. The topological polar surface area (TPSA) is 37.0 Å². The first kappa shape index (κ1) is 15.3. The van der Waals surface area contributed by atoms with Crippen LogP contribution in [0, 0.1) is 0 Å². The number of hydrogen-bond acceptors (Lipinski definition) is 4. The third kappa shape index (κ3) is 4.78. The zero-order valence-electron chi connectivity index (χ0n) is 11.8. The Labute approximate surface area is 129 Å². The number of anilines is 2. The van der Waals surface area contributed by atoms with Crippen LogP contribution in [-0.4, -0.2) is 17.6 Å². The fraction of sp³-hybridized carbons (Fsp3) is 0.400. The van der Waals surface area contributed by atoms with Gasteiger partial charge in [-0.15, -0.1) is 11.3 Å². The standard InChI is InChI=1S/C15H20ClN3S/c1-3-7-17-11(2)8-14-10-20-15(19-14)18-13-6-4-5-12(16)9-13/h4-6,9-11,17H,3,7-8H2,1-2H3,(H,18,19). The molecule has 0 amide bonds. The van der Waals surface area contributed by atoms with Gasteiger partial charge in [0.1, 0.15) is 0 Å². The van der Waals surface area contributed by atoms with Crippen LogP contribution in [-0.2, 0) is 6.42 Å². The summed E-state index contributed by atoms with van der Waals surface area (Å²) in [4.78, 5) is 4.61. The Hall–Kier alpha value is -1.10. The maximum absolute atomic E-state index is 5.97. The molecule has 1 atom stereocenters. The summed E-state index contributed by atoms with van der Waals surface area (Å²) in [7, 11) is 0. The lowest BCUT2D eigenvalue weighted by atomic mass is 10.2. The fourth-order valence-electron chi connectivity index (χ4n) is 1.92. The number of halogens is 1. The van der Waals surface area contributed by atoms with Crippen molar-refractivity contribution in [3.05, 3.63) is 40.4 Å². The van der Waals surface area contributed by atoms with Crippen LogP contribution < -0.4 is 10.6 Å². The molecular formula is C15H20ClN3S. The van der Waals surface area contributed by atoms with Gasteiger partial charge in [0.2, 0.25) is 0 Å². The van der Waals surface area contributed by atoms with Gasteiger partial charge in [0.25, 0.3) is 0 Å². The van der Waals surface area contributed by atoms with E-state index in [1.165, 1.54) is 0 Å². The molecule has 0 spiro atoms. The van der Waals surface area contributed by atoms with Gasteiger partial charge < -0.3 is 10.6 Å². The second-order valence-electron chi connectivity index (χ2n) is 4.84. The van der Waals surface area contributed by atoms with Gasteiger partial charge in [0, 0.05) is 28.6 Å². The number of thiazole rings is 1. The molecule has 1 unspecified atom stereocenters. The van der Waals surface area contributed by atoms with E-state index in [2.05, 4.69) is 34.8 Å². The van der Waals surface area contributed by atoms with E-state index in [0.717, 1.165) is 40.9 Å². The maximum Gasteiger partial charge on any atom is 0.187 e. The van der Waals surface area contributed by atoms with E-state index < -0.39 is 0 Å². The van der Waals surface area contributed by atoms with Crippen LogP contribution in [0.2, 0.25) is 5.02 Å². The molecule has 0 radical (unpaired) electrons. The second kappa shape index (κ2) is 7.62. The lowest BCUT2D eigenvalue weighted by Gasteiger charge is -2.10. The zero-order valence-corrected chi connectivity index (χ0v) is 13.4. The molecule has 0 aliphatic rings. The molecule has 3 nitrogen and oxygen atoms in total. The summed E-state index contributed by atoms with van der Waals surface area (Å²) in [6, 6.07) is 8.12. The number of hydrogen-bond donors (Lipinski definition) is 2. The molecule has 0 bridgehead atoms. The highest BCUT2D eigenvalue weighted by Crippen LogP contribution is 2.23. The average molecular weight is 310 g/mol. The normalized spacial score (nSPS) is 12.3. The molecule has 1 aromatic carbocycles. The minimum absolute atomic E-state index is 0.455. The average Bonchev–Trinajstić information content (AvgIpc) is 2.83. The van der Waals surface area contributed by atoms with Crippen LogP contribution in [0.3, 0.4) is 0 Å². The van der Waals surface area contributed by atoms with Crippen LogP contribution in [0.1, 0.15) is 26.0 Å². The minimum atomic E-state index is 0.455. The Morgan fingerprint density at radius 3 is 3.00 bits per heavy atom. The molecule has 1 aromatic heterocycles. The minimum Gasteiger partial charge on any atom is -0.331 e. The molecule has 0 saturated heterocycles. The third-order valence-corrected chi connectivity index (χ3v) is 3.93. The molecule has 108 valence electrons. The summed E-state index contributed by atoms with van der Waals surface area (Å²) in [5.74, 6) is 0. The Bertz CT molecular complexity index is 541. The Morgan fingerprint density at radius 2 is 2.25 bits per heavy atom. The quantitative estimate of drug-likeness (QED) is 0.792. The van der Waals surface area contributed by atoms with E-state index in [-0.39, 0.29) is 0 Å². The SMILES string of the molecule is CCCNC(C)Cc1csc(Nc2cccc(Cl)c2)n1. The Kier molecular flexibility index (Phi) is 5.83. The molecule has 2 N–H and O–H groups in total. The highest BCUT2D eigenvalue weighted by atomic mass is 35.5. The van der Waals surface area contributed by atoms with Gasteiger partial charge in [-0.25, -0.2) is 4.98 Å². The third-order valence-electron chi connectivity index (χ3n) is 2.89. The number of nitrogens with one attached hydrogen (secondary N) is 2. The first-order valence-corrected chi connectivity index (χ1v) is 8.13. The predicted octanol–water partition coefficient (Wildman–Crippen LogP) is 4.47. The van der Waals surface area contributed by atoms with Crippen LogP contribution in [0.25, 0.3) is 0 Å². The predicted molar refractivity (Wildman–Crippen MR) is 88.3 cm³/mol. The molecule has 2 rings (SSSR count). The number of benzene rings is 1. The first-order chi connectivity index (χ1) is 9.67. The summed E-state index contributed by atoms with van der Waals surface area (Å²) in [5, 5.41) is 10.5. The summed E-state index contributed by atoms with van der Waals surface area (Å²) in [6.07, 6.45) is 2.11. The summed E-state index contributed by atoms with van der Waals surface area (Å²) in [5.41, 5.74) is 2.09. The lowest BCUT2D eigenvalue weighted by molar-refractivity contribution is 0.540. The molecule has 0 aliphatic carbocycles. The Morgan fingerprint density at radius 1 is 1.40 bits per heavy atom. The summed E-state index contributed by atoms with van der Waals surface area (Å²) >= 11 is 7.59. The number of aromatic nitrogens is 1. The van der Waals surface area contributed by atoms with Gasteiger partial charge >= 0.3 is 0 Å². The van der Waals surface area contributed by atoms with Crippen molar-refractivity contribution in [3.63, 3.8) is 0 Å². The van der Waals surface area contributed by atoms with Crippen LogP contribution in [0.4, 0.5) is 10.8 Å². The Balaban J connectivity index is 1.92. The van der Waals surface area contributed by atoms with Crippen molar-refractivity contribution >= 4 is 33.8 Å². The molecule has 5 heteroatoms. The monoisotopic (exact) mass is 309 g/mol. The second-order valence-corrected chi connectivity index (χ2v) is 6.13. The van der Waals surface area contributed by atoms with Crippen LogP contribution in [0.5, 0.6) is 0 Å². The largest absolute Gasteiger partial charge is 0.331 e. The van der Waals surface area contributed by atoms with Crippen molar-refractivity contribution in [1.29, 1.82) is 0 Å². The maximum atomic E-state index is 5.97. The van der Waals surface area contributed by atoms with E-state index in [9.17, 15) is 0 Å². The molecule has 20 heavy (non-hydrogen) atoms. The van der Waals surface area contributed by atoms with Crippen molar-refractivity contribution in [2.45, 2.75) is 32.7 Å². The molecule has 0 saturated carbocycles. The molecule has 0 aliphatic heterocycles. The van der Waals surface area contributed by atoms with E-state index in [4.69, 9.17) is 11.6 Å². The first-order valence-electron chi connectivity index (χ1n) is 6.87. The zero-order chi connectivity index (χ0) is 14.4. The van der Waals surface area contributed by atoms with Crippen molar-refractivity contribution < 1.29 is 0 Å². The molecule has 0 fully saturated rings. The lowest BCUT2D eigenvalue weighted by Crippen LogP contribution is -2.28. The van der Waals surface area contributed by atoms with Crippen molar-refractivity contribution in [2.75, 3.05) is 11.9 Å². The molecule has 1 heterocycles. The van der Waals surface area contributed by atoms with Crippen LogP contribution >= 0.6 is 22.9 Å². The van der Waals surface area contributed by atoms with E-state index in [1.807, 2.05) is 24.3 Å². The van der Waals surface area contributed by atoms with Crippen molar-refractivity contribution in [2.24, 2.45) is 0 Å². The fourth-order valence-corrected chi connectivity index (χ4v) is 2.86. The van der Waals surface area contributed by atoms with Crippen molar-refractivity contribution in [3.8, 4) is 0 Å². The van der Waals surface area contributed by atoms with Crippen LogP contribution in [0.15, 0.2) is 29.6 Å². The smallest absolute Gasteiger partial charge is 0.187 e. The van der Waals surface area contributed by atoms with Gasteiger partial charge in [0.15, 0.2) is 5.13 Å². The molecular weight excluding hydrogens is 290 g/mol. The van der Waals surface area contributed by atoms with Crippen molar-refractivity contribution in [1.82, 2.24) is 10.3 Å². The highest BCUT2D eigenvalue weighted by molar-refractivity contribution is 7.13. The number of nitrogens with zero attached hydrogens (tertiary/aromatic N) is 1. The van der Waals surface area contributed by atoms with Gasteiger partial charge in [-0.05, 0) is 38.1 Å². The summed E-state index contributed by atoms with van der Waals surface area (Å²) < 4.78 is 0. The van der Waals surface area contributed by atoms with Gasteiger partial charge in [0.05, 0.1) is 5.69 Å². The van der Waals surface area contributed by atoms with Gasteiger partial charge in [-0.2, -0.15) is 0 Å². The highest BCUT2D eigenvalue weighted by Gasteiger charge is 2.07. The van der Waals surface area contributed by atoms with Gasteiger partial charge in [-0.1, -0.05) is 24.6 Å². The van der Waals surface area contributed by atoms with E-state index >= 15 is 0 Å². The van der Waals surface area contributed by atoms with E-state index in [1.54, 1.807) is 11.3 Å². The van der Waals surface area contributed by atoms with E-state index in [0.29, 0.717) is 6.04 Å². The van der Waals surface area contributed by atoms with Gasteiger partial charge in [-0.3, -0.25) is 0 Å². The molecule has 2 aromatic rings.